The Morgan fingerprint density at radius 3 is 2.57 bits per heavy atom. The Hall–Kier alpha value is -3.88. The van der Waals surface area contributed by atoms with E-state index < -0.39 is 5.66 Å². The molecule has 0 saturated carbocycles. The number of benzene rings is 2. The van der Waals surface area contributed by atoms with Crippen LogP contribution in [0.2, 0.25) is 5.02 Å². The molecule has 7 nitrogen and oxygen atoms in total. The summed E-state index contributed by atoms with van der Waals surface area (Å²) in [4.78, 5) is 50.6. The Morgan fingerprint density at radius 1 is 1.06 bits per heavy atom. The minimum atomic E-state index is -1.13. The lowest BCUT2D eigenvalue weighted by Gasteiger charge is -2.40. The summed E-state index contributed by atoms with van der Waals surface area (Å²) in [6.07, 6.45) is 4.03. The van der Waals surface area contributed by atoms with Gasteiger partial charge in [-0.25, -0.2) is 4.98 Å². The molecule has 4 heterocycles. The van der Waals surface area contributed by atoms with Gasteiger partial charge in [0.1, 0.15) is 17.0 Å². The highest BCUT2D eigenvalue weighted by Crippen LogP contribution is 2.50. The molecule has 2 aliphatic heterocycles. The summed E-state index contributed by atoms with van der Waals surface area (Å²) in [6, 6.07) is 15.9. The number of thiazole rings is 1. The van der Waals surface area contributed by atoms with E-state index in [0.29, 0.717) is 45.5 Å². The average Bonchev–Trinajstić information content (AvgIpc) is 3.60. The molecule has 1 unspecified atom stereocenters. The van der Waals surface area contributed by atoms with Gasteiger partial charge in [0, 0.05) is 58.1 Å². The lowest BCUT2D eigenvalue weighted by molar-refractivity contribution is 0.0371. The number of halogens is 1. The molecule has 0 N–H and O–H groups in total. The predicted octanol–water partition coefficient (Wildman–Crippen LogP) is 4.48. The van der Waals surface area contributed by atoms with Gasteiger partial charge in [-0.05, 0) is 18.2 Å². The van der Waals surface area contributed by atoms with E-state index in [4.69, 9.17) is 11.6 Å². The first-order chi connectivity index (χ1) is 17.0. The zero-order valence-electron chi connectivity index (χ0n) is 18.2. The Labute approximate surface area is 209 Å². The Morgan fingerprint density at radius 2 is 1.83 bits per heavy atom. The van der Waals surface area contributed by atoms with E-state index in [1.807, 2.05) is 12.1 Å². The Balaban J connectivity index is 1.45. The first-order valence-corrected chi connectivity index (χ1v) is 12.2. The smallest absolute Gasteiger partial charge is 0.275 e. The largest absolute Gasteiger partial charge is 0.306 e. The third-order valence-corrected chi connectivity index (χ3v) is 7.65. The Bertz CT molecular complexity index is 1490. The van der Waals surface area contributed by atoms with Crippen molar-refractivity contribution in [1.29, 1.82) is 0 Å². The number of hydrogen-bond donors (Lipinski definition) is 0. The SMILES string of the molecule is O=Cc1ccc(-c2nc(C(=O)N3CCN4C(=O)c5ccncc5C34c3ccc(Cl)cc3)cs2)cc1. The molecule has 1 atom stereocenters. The van der Waals surface area contributed by atoms with E-state index in [9.17, 15) is 14.4 Å². The van der Waals surface area contributed by atoms with Crippen LogP contribution < -0.4 is 0 Å². The molecular weight excluding hydrogens is 484 g/mol. The van der Waals surface area contributed by atoms with Crippen molar-refractivity contribution in [2.75, 3.05) is 13.1 Å². The maximum Gasteiger partial charge on any atom is 0.275 e. The summed E-state index contributed by atoms with van der Waals surface area (Å²) in [5, 5.41) is 2.96. The van der Waals surface area contributed by atoms with Crippen LogP contribution in [-0.4, -0.2) is 51.0 Å². The number of fused-ring (bicyclic) bond motifs is 3. The molecule has 2 amide bonds. The maximum absolute atomic E-state index is 13.9. The lowest BCUT2D eigenvalue weighted by Crippen LogP contribution is -2.51. The zero-order chi connectivity index (χ0) is 24.2. The number of pyridine rings is 1. The van der Waals surface area contributed by atoms with Crippen LogP contribution >= 0.6 is 22.9 Å². The molecule has 9 heteroatoms. The standard InChI is InChI=1S/C26H17ClN4O3S/c27-19-7-5-18(6-8-19)26-21-13-28-10-9-20(21)24(33)30(26)11-12-31(26)25(34)22-15-35-23(29-22)17-3-1-16(14-32)2-4-17/h1-10,13-15H,11-12H2. The molecule has 2 aromatic heterocycles. The van der Waals surface area contributed by atoms with Gasteiger partial charge >= 0.3 is 0 Å². The van der Waals surface area contributed by atoms with Gasteiger partial charge in [0.2, 0.25) is 0 Å². The van der Waals surface area contributed by atoms with Crippen molar-refractivity contribution in [3.05, 3.63) is 105 Å². The maximum atomic E-state index is 13.9. The second kappa shape index (κ2) is 8.11. The fourth-order valence-electron chi connectivity index (χ4n) is 4.96. The molecular formula is C26H17ClN4O3S. The topological polar surface area (TPSA) is 83.5 Å². The number of aromatic nitrogens is 2. The first-order valence-electron chi connectivity index (χ1n) is 10.9. The van der Waals surface area contributed by atoms with E-state index in [-0.39, 0.29) is 11.8 Å². The third kappa shape index (κ3) is 3.14. The number of hydrogen-bond acceptors (Lipinski definition) is 6. The predicted molar refractivity (Wildman–Crippen MR) is 131 cm³/mol. The molecule has 0 aliphatic carbocycles. The van der Waals surface area contributed by atoms with Gasteiger partial charge in [-0.1, -0.05) is 48.0 Å². The normalized spacial score (nSPS) is 18.5. The molecule has 0 bridgehead atoms. The van der Waals surface area contributed by atoms with Crippen molar-refractivity contribution in [2.24, 2.45) is 0 Å². The molecule has 0 radical (unpaired) electrons. The number of amides is 2. The molecule has 2 aromatic carbocycles. The van der Waals surface area contributed by atoms with Gasteiger partial charge in [0.05, 0.1) is 5.56 Å². The summed E-state index contributed by atoms with van der Waals surface area (Å²) in [7, 11) is 0. The molecule has 35 heavy (non-hydrogen) atoms. The number of carbonyl (C=O) groups excluding carboxylic acids is 3. The van der Waals surface area contributed by atoms with Gasteiger partial charge in [-0.2, -0.15) is 0 Å². The van der Waals surface area contributed by atoms with Crippen LogP contribution in [0.3, 0.4) is 0 Å². The van der Waals surface area contributed by atoms with Crippen molar-refractivity contribution in [1.82, 2.24) is 19.8 Å². The summed E-state index contributed by atoms with van der Waals surface area (Å²) >= 11 is 7.52. The molecule has 1 saturated heterocycles. The number of nitrogens with zero attached hydrogens (tertiary/aromatic N) is 4. The zero-order valence-corrected chi connectivity index (χ0v) is 19.8. The molecule has 0 spiro atoms. The van der Waals surface area contributed by atoms with Gasteiger partial charge < -0.3 is 9.80 Å². The summed E-state index contributed by atoms with van der Waals surface area (Å²) < 4.78 is 0. The molecule has 1 fully saturated rings. The fourth-order valence-corrected chi connectivity index (χ4v) is 5.88. The molecule has 172 valence electrons. The van der Waals surface area contributed by atoms with Crippen molar-refractivity contribution in [2.45, 2.75) is 5.66 Å². The minimum absolute atomic E-state index is 0.137. The van der Waals surface area contributed by atoms with E-state index in [0.717, 1.165) is 17.4 Å². The van der Waals surface area contributed by atoms with Crippen LogP contribution in [0, 0.1) is 0 Å². The van der Waals surface area contributed by atoms with Crippen LogP contribution in [0.5, 0.6) is 0 Å². The highest BCUT2D eigenvalue weighted by atomic mass is 35.5. The molecule has 2 aliphatic rings. The summed E-state index contributed by atoms with van der Waals surface area (Å²) in [5.41, 5.74) is 2.51. The van der Waals surface area contributed by atoms with Crippen molar-refractivity contribution < 1.29 is 14.4 Å². The van der Waals surface area contributed by atoms with Crippen LogP contribution in [0.1, 0.15) is 42.3 Å². The highest BCUT2D eigenvalue weighted by molar-refractivity contribution is 7.13. The monoisotopic (exact) mass is 500 g/mol. The number of rotatable bonds is 4. The van der Waals surface area contributed by atoms with E-state index in [1.54, 1.807) is 70.0 Å². The third-order valence-electron chi connectivity index (χ3n) is 6.51. The van der Waals surface area contributed by atoms with Gasteiger partial charge in [-0.3, -0.25) is 19.4 Å². The second-order valence-electron chi connectivity index (χ2n) is 8.29. The second-order valence-corrected chi connectivity index (χ2v) is 9.59. The lowest BCUT2D eigenvalue weighted by atomic mass is 9.91. The minimum Gasteiger partial charge on any atom is -0.306 e. The van der Waals surface area contributed by atoms with E-state index in [2.05, 4.69) is 9.97 Å². The first kappa shape index (κ1) is 21.6. The van der Waals surface area contributed by atoms with Crippen molar-refractivity contribution in [3.63, 3.8) is 0 Å². The van der Waals surface area contributed by atoms with Crippen LogP contribution in [0.25, 0.3) is 10.6 Å². The Kier molecular flexibility index (Phi) is 5.01. The van der Waals surface area contributed by atoms with Gasteiger partial charge in [0.15, 0.2) is 5.66 Å². The van der Waals surface area contributed by atoms with Crippen molar-refractivity contribution >= 4 is 41.0 Å². The molecule has 4 aromatic rings. The summed E-state index contributed by atoms with van der Waals surface area (Å²) in [5.74, 6) is -0.416. The van der Waals surface area contributed by atoms with Gasteiger partial charge in [0.25, 0.3) is 11.8 Å². The average molecular weight is 501 g/mol. The van der Waals surface area contributed by atoms with Crippen LogP contribution in [0.4, 0.5) is 0 Å². The van der Waals surface area contributed by atoms with Crippen molar-refractivity contribution in [3.8, 4) is 10.6 Å². The van der Waals surface area contributed by atoms with Gasteiger partial charge in [-0.15, -0.1) is 11.3 Å². The summed E-state index contributed by atoms with van der Waals surface area (Å²) in [6.45, 7) is 0.731. The van der Waals surface area contributed by atoms with Crippen LogP contribution in [-0.2, 0) is 5.66 Å². The van der Waals surface area contributed by atoms with Crippen LogP contribution in [0.15, 0.2) is 72.4 Å². The van der Waals surface area contributed by atoms with E-state index in [1.165, 1.54) is 11.3 Å². The highest BCUT2D eigenvalue weighted by Gasteiger charge is 2.60. The number of carbonyl (C=O) groups is 3. The fraction of sp³-hybridized carbons (Fsp3) is 0.115. The van der Waals surface area contributed by atoms with E-state index >= 15 is 0 Å². The number of aldehydes is 1. The quantitative estimate of drug-likeness (QED) is 0.386. The molecule has 6 rings (SSSR count).